The van der Waals surface area contributed by atoms with E-state index in [9.17, 15) is 9.59 Å². The third-order valence-electron chi connectivity index (χ3n) is 4.06. The Balaban J connectivity index is 1.76. The van der Waals surface area contributed by atoms with Crippen LogP contribution in [0.2, 0.25) is 0 Å². The van der Waals surface area contributed by atoms with E-state index >= 15 is 0 Å². The zero-order chi connectivity index (χ0) is 14.8. The lowest BCUT2D eigenvalue weighted by molar-refractivity contribution is 0.352. The number of fused-ring (bicyclic) bond motifs is 1. The van der Waals surface area contributed by atoms with Gasteiger partial charge in [0.25, 0.3) is 5.56 Å². The number of likely N-dealkylation sites (tertiary alicyclic amines) is 1. The minimum atomic E-state index is -0.387. The van der Waals surface area contributed by atoms with Crippen LogP contribution in [0.1, 0.15) is 12.8 Å². The van der Waals surface area contributed by atoms with Crippen LogP contribution in [0.5, 0.6) is 0 Å². The molecule has 1 aliphatic rings. The SMILES string of the molecule is Cn1c(=O)[nH]c2cc(NCCN3CCCC3)ccc2c1=O. The molecule has 0 radical (unpaired) electrons. The second-order valence-electron chi connectivity index (χ2n) is 5.53. The van der Waals surface area contributed by atoms with Crippen LogP contribution in [-0.4, -0.2) is 40.6 Å². The molecule has 0 unspecified atom stereocenters. The normalized spacial score (nSPS) is 15.7. The van der Waals surface area contributed by atoms with Gasteiger partial charge in [0.2, 0.25) is 0 Å². The average Bonchev–Trinajstić information content (AvgIpc) is 2.98. The highest BCUT2D eigenvalue weighted by Gasteiger charge is 2.10. The number of aromatic amines is 1. The van der Waals surface area contributed by atoms with Crippen LogP contribution in [0, 0.1) is 0 Å². The fourth-order valence-electron chi connectivity index (χ4n) is 2.78. The Morgan fingerprint density at radius 1 is 1.24 bits per heavy atom. The van der Waals surface area contributed by atoms with E-state index in [1.165, 1.54) is 33.0 Å². The third-order valence-corrected chi connectivity index (χ3v) is 4.06. The van der Waals surface area contributed by atoms with Gasteiger partial charge in [-0.15, -0.1) is 0 Å². The molecule has 0 atom stereocenters. The summed E-state index contributed by atoms with van der Waals surface area (Å²) in [7, 11) is 1.48. The van der Waals surface area contributed by atoms with Crippen molar-refractivity contribution in [2.45, 2.75) is 12.8 Å². The number of aromatic nitrogens is 2. The van der Waals surface area contributed by atoms with Crippen molar-refractivity contribution >= 4 is 16.6 Å². The number of H-pyrrole nitrogens is 1. The largest absolute Gasteiger partial charge is 0.384 e. The molecular weight excluding hydrogens is 268 g/mol. The van der Waals surface area contributed by atoms with Gasteiger partial charge < -0.3 is 15.2 Å². The summed E-state index contributed by atoms with van der Waals surface area (Å²) in [6, 6.07) is 5.46. The average molecular weight is 288 g/mol. The molecule has 6 heteroatoms. The molecule has 112 valence electrons. The van der Waals surface area contributed by atoms with Crippen LogP contribution >= 0.6 is 0 Å². The number of nitrogens with one attached hydrogen (secondary N) is 2. The second kappa shape index (κ2) is 5.73. The standard InChI is InChI=1S/C15H20N4O2/c1-18-14(20)12-5-4-11(10-13(12)17-15(18)21)16-6-9-19-7-2-3-8-19/h4-5,10,16H,2-3,6-9H2,1H3,(H,17,21). The number of rotatable bonds is 4. The summed E-state index contributed by atoms with van der Waals surface area (Å²) in [5, 5.41) is 3.87. The predicted molar refractivity (Wildman–Crippen MR) is 84.0 cm³/mol. The molecule has 1 fully saturated rings. The molecule has 1 saturated heterocycles. The van der Waals surface area contributed by atoms with Crippen molar-refractivity contribution in [3.8, 4) is 0 Å². The summed E-state index contributed by atoms with van der Waals surface area (Å²) in [6.45, 7) is 4.25. The monoisotopic (exact) mass is 288 g/mol. The molecule has 3 rings (SSSR count). The molecular formula is C15H20N4O2. The summed E-state index contributed by atoms with van der Waals surface area (Å²) in [5.41, 5.74) is 0.846. The Morgan fingerprint density at radius 3 is 2.76 bits per heavy atom. The number of benzene rings is 1. The van der Waals surface area contributed by atoms with E-state index in [1.807, 2.05) is 12.1 Å². The van der Waals surface area contributed by atoms with E-state index < -0.39 is 0 Å². The summed E-state index contributed by atoms with van der Waals surface area (Å²) in [4.78, 5) is 28.8. The van der Waals surface area contributed by atoms with Gasteiger partial charge in [0, 0.05) is 25.8 Å². The maximum Gasteiger partial charge on any atom is 0.328 e. The van der Waals surface area contributed by atoms with Crippen LogP contribution in [-0.2, 0) is 7.05 Å². The Kier molecular flexibility index (Phi) is 3.79. The first-order valence-corrected chi connectivity index (χ1v) is 7.34. The first-order chi connectivity index (χ1) is 10.1. The molecule has 1 aromatic heterocycles. The van der Waals surface area contributed by atoms with E-state index in [0.29, 0.717) is 10.9 Å². The minimum Gasteiger partial charge on any atom is -0.384 e. The summed E-state index contributed by atoms with van der Waals surface area (Å²) >= 11 is 0. The summed E-state index contributed by atoms with van der Waals surface area (Å²) < 4.78 is 1.09. The van der Waals surface area contributed by atoms with Crippen molar-refractivity contribution in [2.75, 3.05) is 31.5 Å². The zero-order valence-corrected chi connectivity index (χ0v) is 12.2. The van der Waals surface area contributed by atoms with E-state index in [-0.39, 0.29) is 11.2 Å². The molecule has 2 heterocycles. The number of anilines is 1. The van der Waals surface area contributed by atoms with Crippen molar-refractivity contribution in [3.63, 3.8) is 0 Å². The van der Waals surface area contributed by atoms with Crippen LogP contribution in [0.15, 0.2) is 27.8 Å². The quantitative estimate of drug-likeness (QED) is 0.870. The first-order valence-electron chi connectivity index (χ1n) is 7.34. The van der Waals surface area contributed by atoms with Gasteiger partial charge >= 0.3 is 5.69 Å². The Morgan fingerprint density at radius 2 is 2.00 bits per heavy atom. The lowest BCUT2D eigenvalue weighted by atomic mass is 10.2. The van der Waals surface area contributed by atoms with Crippen LogP contribution in [0.3, 0.4) is 0 Å². The molecule has 0 spiro atoms. The van der Waals surface area contributed by atoms with Gasteiger partial charge in [0.1, 0.15) is 0 Å². The van der Waals surface area contributed by atoms with E-state index in [0.717, 1.165) is 23.3 Å². The Bertz CT molecular complexity index is 756. The van der Waals surface area contributed by atoms with Gasteiger partial charge in [-0.2, -0.15) is 0 Å². The molecule has 0 amide bonds. The Hall–Kier alpha value is -2.08. The fraction of sp³-hybridized carbons (Fsp3) is 0.467. The maximum absolute atomic E-state index is 12.0. The van der Waals surface area contributed by atoms with E-state index in [2.05, 4.69) is 15.2 Å². The van der Waals surface area contributed by atoms with Crippen molar-refractivity contribution in [1.82, 2.24) is 14.5 Å². The first kappa shape index (κ1) is 13.9. The van der Waals surface area contributed by atoms with Gasteiger partial charge in [-0.05, 0) is 44.1 Å². The smallest absolute Gasteiger partial charge is 0.328 e. The number of nitrogens with zero attached hydrogens (tertiary/aromatic N) is 2. The topological polar surface area (TPSA) is 70.1 Å². The van der Waals surface area contributed by atoms with Crippen molar-refractivity contribution in [1.29, 1.82) is 0 Å². The van der Waals surface area contributed by atoms with Crippen LogP contribution < -0.4 is 16.6 Å². The van der Waals surface area contributed by atoms with Gasteiger partial charge in [-0.1, -0.05) is 0 Å². The summed E-state index contributed by atoms with van der Waals surface area (Å²) in [5.74, 6) is 0. The second-order valence-corrected chi connectivity index (χ2v) is 5.53. The highest BCUT2D eigenvalue weighted by molar-refractivity contribution is 5.81. The molecule has 21 heavy (non-hydrogen) atoms. The highest BCUT2D eigenvalue weighted by atomic mass is 16.2. The Labute approximate surface area is 122 Å². The van der Waals surface area contributed by atoms with Crippen molar-refractivity contribution < 1.29 is 0 Å². The molecule has 0 saturated carbocycles. The molecule has 0 aliphatic carbocycles. The van der Waals surface area contributed by atoms with Gasteiger partial charge in [-0.3, -0.25) is 9.36 Å². The lowest BCUT2D eigenvalue weighted by Gasteiger charge is -2.15. The van der Waals surface area contributed by atoms with Crippen molar-refractivity contribution in [3.05, 3.63) is 39.0 Å². The number of hydrogen-bond acceptors (Lipinski definition) is 4. The van der Waals surface area contributed by atoms with E-state index in [4.69, 9.17) is 0 Å². The molecule has 1 aromatic carbocycles. The van der Waals surface area contributed by atoms with E-state index in [1.54, 1.807) is 6.07 Å². The van der Waals surface area contributed by atoms with Crippen LogP contribution in [0.4, 0.5) is 5.69 Å². The zero-order valence-electron chi connectivity index (χ0n) is 12.2. The molecule has 1 aliphatic heterocycles. The van der Waals surface area contributed by atoms with Gasteiger partial charge in [0.05, 0.1) is 10.9 Å². The molecule has 2 N–H and O–H groups in total. The van der Waals surface area contributed by atoms with Gasteiger partial charge in [0.15, 0.2) is 0 Å². The maximum atomic E-state index is 12.0. The highest BCUT2D eigenvalue weighted by Crippen LogP contribution is 2.13. The predicted octanol–water partition coefficient (Wildman–Crippen LogP) is 0.734. The third kappa shape index (κ3) is 2.85. The molecule has 6 nitrogen and oxygen atoms in total. The minimum absolute atomic E-state index is 0.266. The lowest BCUT2D eigenvalue weighted by Crippen LogP contribution is -2.32. The van der Waals surface area contributed by atoms with Crippen molar-refractivity contribution in [2.24, 2.45) is 7.05 Å². The van der Waals surface area contributed by atoms with Gasteiger partial charge in [-0.25, -0.2) is 4.79 Å². The molecule has 0 bridgehead atoms. The van der Waals surface area contributed by atoms with Crippen LogP contribution in [0.25, 0.3) is 10.9 Å². The number of hydrogen-bond donors (Lipinski definition) is 2. The molecule has 2 aromatic rings. The summed E-state index contributed by atoms with van der Waals surface area (Å²) in [6.07, 6.45) is 2.58. The fourth-order valence-corrected chi connectivity index (χ4v) is 2.78.